The number of carbonyl (C=O) groups is 1. The highest BCUT2D eigenvalue weighted by molar-refractivity contribution is 5.70. The van der Waals surface area contributed by atoms with Gasteiger partial charge in [0.1, 0.15) is 5.56 Å². The van der Waals surface area contributed by atoms with Gasteiger partial charge in [-0.3, -0.25) is 14.9 Å². The lowest BCUT2D eigenvalue weighted by atomic mass is 10.1. The van der Waals surface area contributed by atoms with E-state index in [0.717, 1.165) is 0 Å². The number of rotatable bonds is 6. The summed E-state index contributed by atoms with van der Waals surface area (Å²) in [6.45, 7) is 0. The van der Waals surface area contributed by atoms with Crippen LogP contribution in [0.3, 0.4) is 0 Å². The molecule has 25 heavy (non-hydrogen) atoms. The van der Waals surface area contributed by atoms with E-state index < -0.39 is 10.9 Å². The molecule has 0 saturated carbocycles. The molecule has 3 aromatic rings. The van der Waals surface area contributed by atoms with Crippen molar-refractivity contribution in [2.45, 2.75) is 6.42 Å². The number of anilines is 2. The third-order valence-electron chi connectivity index (χ3n) is 3.32. The van der Waals surface area contributed by atoms with Gasteiger partial charge in [-0.2, -0.15) is 0 Å². The normalized spacial score (nSPS) is 10.4. The molecular formula is C16H12N4O5. The van der Waals surface area contributed by atoms with Crippen LogP contribution in [0.1, 0.15) is 5.56 Å². The molecule has 9 heteroatoms. The number of benzene rings is 2. The van der Waals surface area contributed by atoms with Crippen LogP contribution in [-0.2, 0) is 11.2 Å². The summed E-state index contributed by atoms with van der Waals surface area (Å²) >= 11 is 0. The van der Waals surface area contributed by atoms with Gasteiger partial charge in [-0.1, -0.05) is 29.4 Å². The molecule has 0 fully saturated rings. The predicted molar refractivity (Wildman–Crippen MR) is 87.5 cm³/mol. The van der Waals surface area contributed by atoms with Crippen molar-refractivity contribution in [1.29, 1.82) is 0 Å². The van der Waals surface area contributed by atoms with Crippen molar-refractivity contribution in [2.75, 3.05) is 5.32 Å². The maximum atomic E-state index is 11.1. The van der Waals surface area contributed by atoms with Gasteiger partial charge in [-0.05, 0) is 23.8 Å². The van der Waals surface area contributed by atoms with Gasteiger partial charge in [-0.25, -0.2) is 0 Å². The van der Waals surface area contributed by atoms with Crippen molar-refractivity contribution < 1.29 is 19.2 Å². The number of hydrogen-bond donors (Lipinski definition) is 2. The largest absolute Gasteiger partial charge is 0.481 e. The molecule has 0 aliphatic rings. The zero-order chi connectivity index (χ0) is 17.8. The first-order chi connectivity index (χ1) is 12.0. The van der Waals surface area contributed by atoms with Crippen molar-refractivity contribution in [1.82, 2.24) is 10.2 Å². The van der Waals surface area contributed by atoms with E-state index in [4.69, 9.17) is 9.52 Å². The summed E-state index contributed by atoms with van der Waals surface area (Å²) < 4.78 is 5.43. The second-order valence-corrected chi connectivity index (χ2v) is 5.08. The molecule has 1 aromatic heterocycles. The number of hydrogen-bond acceptors (Lipinski definition) is 7. The van der Waals surface area contributed by atoms with E-state index in [9.17, 15) is 14.9 Å². The molecule has 0 aliphatic heterocycles. The van der Waals surface area contributed by atoms with E-state index in [0.29, 0.717) is 11.3 Å². The van der Waals surface area contributed by atoms with Gasteiger partial charge in [0.15, 0.2) is 0 Å². The summed E-state index contributed by atoms with van der Waals surface area (Å²) in [6.07, 6.45) is -0.0668. The van der Waals surface area contributed by atoms with Crippen LogP contribution in [0.4, 0.5) is 17.4 Å². The SMILES string of the molecule is O=C(O)Cc1ccc(Nc2nnc(-c3ccccc3[N+](=O)[O-])o2)cc1. The molecule has 0 spiro atoms. The van der Waals surface area contributed by atoms with Gasteiger partial charge in [0.25, 0.3) is 11.6 Å². The summed E-state index contributed by atoms with van der Waals surface area (Å²) in [4.78, 5) is 21.2. The van der Waals surface area contributed by atoms with Crippen LogP contribution in [0.15, 0.2) is 52.9 Å². The number of aliphatic carboxylic acids is 1. The predicted octanol–water partition coefficient (Wildman–Crippen LogP) is 3.02. The molecule has 2 N–H and O–H groups in total. The van der Waals surface area contributed by atoms with Crippen molar-refractivity contribution in [3.05, 3.63) is 64.2 Å². The average molecular weight is 340 g/mol. The molecule has 0 saturated heterocycles. The quantitative estimate of drug-likeness (QED) is 0.517. The number of carboxylic acids is 1. The molecule has 9 nitrogen and oxygen atoms in total. The number of nitrogens with zero attached hydrogens (tertiary/aromatic N) is 3. The zero-order valence-corrected chi connectivity index (χ0v) is 12.7. The second-order valence-electron chi connectivity index (χ2n) is 5.08. The Morgan fingerprint density at radius 2 is 1.88 bits per heavy atom. The topological polar surface area (TPSA) is 131 Å². The summed E-state index contributed by atoms with van der Waals surface area (Å²) in [7, 11) is 0. The Labute approximate surface area is 141 Å². The first-order valence-electron chi connectivity index (χ1n) is 7.18. The van der Waals surface area contributed by atoms with Crippen LogP contribution in [-0.4, -0.2) is 26.2 Å². The summed E-state index contributed by atoms with van der Waals surface area (Å²) in [5.41, 5.74) is 1.37. The standard InChI is InChI=1S/C16H12N4O5/c21-14(22)9-10-5-7-11(8-6-10)17-16-19-18-15(25-16)12-3-1-2-4-13(12)20(23)24/h1-8H,9H2,(H,17,19)(H,21,22). The molecule has 1 heterocycles. The zero-order valence-electron chi connectivity index (χ0n) is 12.7. The van der Waals surface area contributed by atoms with E-state index in [-0.39, 0.29) is 29.6 Å². The molecular weight excluding hydrogens is 328 g/mol. The van der Waals surface area contributed by atoms with Crippen molar-refractivity contribution in [3.63, 3.8) is 0 Å². The number of nitrogens with one attached hydrogen (secondary N) is 1. The Balaban J connectivity index is 1.78. The maximum Gasteiger partial charge on any atom is 0.320 e. The molecule has 126 valence electrons. The molecule has 0 bridgehead atoms. The third-order valence-corrected chi connectivity index (χ3v) is 3.32. The Morgan fingerprint density at radius 1 is 1.16 bits per heavy atom. The monoisotopic (exact) mass is 340 g/mol. The van der Waals surface area contributed by atoms with E-state index >= 15 is 0 Å². The third kappa shape index (κ3) is 3.78. The first kappa shape index (κ1) is 16.1. The molecule has 3 rings (SSSR count). The number of nitro groups is 1. The number of nitro benzene ring substituents is 1. The maximum absolute atomic E-state index is 11.1. The molecule has 0 unspecified atom stereocenters. The smallest absolute Gasteiger partial charge is 0.320 e. The molecule has 0 amide bonds. The van der Waals surface area contributed by atoms with Crippen molar-refractivity contribution in [3.8, 4) is 11.5 Å². The fourth-order valence-corrected chi connectivity index (χ4v) is 2.20. The molecule has 0 radical (unpaired) electrons. The number of para-hydroxylation sites is 1. The number of carboxylic acid groups (broad SMARTS) is 1. The minimum absolute atomic E-state index is 0.0253. The van der Waals surface area contributed by atoms with E-state index in [1.54, 1.807) is 36.4 Å². The van der Waals surface area contributed by atoms with Crippen LogP contribution in [0.2, 0.25) is 0 Å². The van der Waals surface area contributed by atoms with Crippen LogP contribution in [0.25, 0.3) is 11.5 Å². The molecule has 0 atom stereocenters. The van der Waals surface area contributed by atoms with Gasteiger partial charge in [0.2, 0.25) is 0 Å². The van der Waals surface area contributed by atoms with Gasteiger partial charge in [0.05, 0.1) is 11.3 Å². The van der Waals surface area contributed by atoms with Gasteiger partial charge >= 0.3 is 12.0 Å². The average Bonchev–Trinajstić information content (AvgIpc) is 3.04. The lowest BCUT2D eigenvalue weighted by Gasteiger charge is -2.02. The minimum Gasteiger partial charge on any atom is -0.481 e. The Kier molecular flexibility index (Phi) is 4.38. The summed E-state index contributed by atoms with van der Waals surface area (Å²) in [6, 6.07) is 12.8. The lowest BCUT2D eigenvalue weighted by Crippen LogP contribution is -1.99. The van der Waals surface area contributed by atoms with E-state index in [2.05, 4.69) is 15.5 Å². The number of aromatic nitrogens is 2. The van der Waals surface area contributed by atoms with Crippen LogP contribution in [0.5, 0.6) is 0 Å². The molecule has 0 aliphatic carbocycles. The van der Waals surface area contributed by atoms with Crippen molar-refractivity contribution in [2.24, 2.45) is 0 Å². The highest BCUT2D eigenvalue weighted by atomic mass is 16.6. The van der Waals surface area contributed by atoms with E-state index in [1.807, 2.05) is 0 Å². The second kappa shape index (κ2) is 6.79. The van der Waals surface area contributed by atoms with Gasteiger partial charge < -0.3 is 14.8 Å². The van der Waals surface area contributed by atoms with Crippen LogP contribution in [0, 0.1) is 10.1 Å². The van der Waals surface area contributed by atoms with Crippen LogP contribution >= 0.6 is 0 Å². The van der Waals surface area contributed by atoms with Crippen LogP contribution < -0.4 is 5.32 Å². The first-order valence-corrected chi connectivity index (χ1v) is 7.18. The highest BCUT2D eigenvalue weighted by Gasteiger charge is 2.19. The van der Waals surface area contributed by atoms with Gasteiger partial charge in [-0.15, -0.1) is 5.10 Å². The summed E-state index contributed by atoms with van der Waals surface area (Å²) in [5.74, 6) is -0.885. The van der Waals surface area contributed by atoms with Gasteiger partial charge in [0, 0.05) is 11.8 Å². The fraction of sp³-hybridized carbons (Fsp3) is 0.0625. The fourth-order valence-electron chi connectivity index (χ4n) is 2.20. The minimum atomic E-state index is -0.910. The lowest BCUT2D eigenvalue weighted by molar-refractivity contribution is -0.384. The summed E-state index contributed by atoms with van der Waals surface area (Å²) in [5, 5.41) is 30.3. The van der Waals surface area contributed by atoms with Crippen molar-refractivity contribution >= 4 is 23.4 Å². The Bertz CT molecular complexity index is 920. The highest BCUT2D eigenvalue weighted by Crippen LogP contribution is 2.29. The molecule has 2 aromatic carbocycles. The van der Waals surface area contributed by atoms with E-state index in [1.165, 1.54) is 12.1 Å². The Hall–Kier alpha value is -3.75. The Morgan fingerprint density at radius 3 is 2.56 bits per heavy atom.